The highest BCUT2D eigenvalue weighted by Crippen LogP contribution is 2.40. The van der Waals surface area contributed by atoms with Gasteiger partial charge in [-0.25, -0.2) is 0 Å². The normalized spacial score (nSPS) is 11.5. The maximum atomic E-state index is 3.70. The molecule has 0 spiro atoms. The van der Waals surface area contributed by atoms with Gasteiger partial charge in [-0.1, -0.05) is 115 Å². The third-order valence-corrected chi connectivity index (χ3v) is 9.02. The van der Waals surface area contributed by atoms with E-state index in [-0.39, 0.29) is 0 Å². The average molecular weight is 528 g/mol. The number of anilines is 2. The van der Waals surface area contributed by atoms with Gasteiger partial charge in [-0.3, -0.25) is 0 Å². The van der Waals surface area contributed by atoms with Crippen molar-refractivity contribution in [2.75, 3.05) is 5.32 Å². The van der Waals surface area contributed by atoms with Gasteiger partial charge < -0.3 is 5.32 Å². The van der Waals surface area contributed by atoms with Crippen molar-refractivity contribution in [2.45, 2.75) is 0 Å². The van der Waals surface area contributed by atoms with Crippen molar-refractivity contribution in [3.63, 3.8) is 0 Å². The number of benzene rings is 7. The minimum absolute atomic E-state index is 1.09. The van der Waals surface area contributed by atoms with E-state index in [1.165, 1.54) is 64.0 Å². The molecule has 1 aromatic heterocycles. The first-order valence-electron chi connectivity index (χ1n) is 13.6. The van der Waals surface area contributed by atoms with Crippen LogP contribution >= 0.6 is 11.3 Å². The van der Waals surface area contributed by atoms with Crippen LogP contribution in [0.15, 0.2) is 146 Å². The van der Waals surface area contributed by atoms with Crippen LogP contribution < -0.4 is 5.32 Å². The van der Waals surface area contributed by atoms with Crippen LogP contribution in [0.1, 0.15) is 0 Å². The lowest BCUT2D eigenvalue weighted by atomic mass is 9.91. The van der Waals surface area contributed by atoms with Crippen molar-refractivity contribution in [1.82, 2.24) is 0 Å². The molecule has 0 atom stereocenters. The molecular formula is C38H25NS. The fraction of sp³-hybridized carbons (Fsp3) is 0. The largest absolute Gasteiger partial charge is 0.355 e. The summed E-state index contributed by atoms with van der Waals surface area (Å²) in [5.74, 6) is 0. The molecule has 0 amide bonds. The van der Waals surface area contributed by atoms with Gasteiger partial charge in [-0.15, -0.1) is 11.3 Å². The van der Waals surface area contributed by atoms with Crippen molar-refractivity contribution >= 4 is 64.4 Å². The first-order valence-corrected chi connectivity index (χ1v) is 14.4. The van der Waals surface area contributed by atoms with E-state index in [0.717, 1.165) is 11.4 Å². The molecule has 188 valence electrons. The average Bonchev–Trinajstić information content (AvgIpc) is 3.40. The molecule has 0 aliphatic carbocycles. The van der Waals surface area contributed by atoms with E-state index in [4.69, 9.17) is 0 Å². The summed E-state index contributed by atoms with van der Waals surface area (Å²) in [6.07, 6.45) is 0. The Balaban J connectivity index is 1.19. The minimum atomic E-state index is 1.09. The highest BCUT2D eigenvalue weighted by molar-refractivity contribution is 7.25. The lowest BCUT2D eigenvalue weighted by Crippen LogP contribution is -1.91. The zero-order valence-electron chi connectivity index (χ0n) is 21.8. The summed E-state index contributed by atoms with van der Waals surface area (Å²) in [5, 5.41) is 11.4. The van der Waals surface area contributed by atoms with Crippen molar-refractivity contribution in [2.24, 2.45) is 0 Å². The molecule has 0 saturated carbocycles. The summed E-state index contributed by atoms with van der Waals surface area (Å²) in [5.41, 5.74) is 7.24. The maximum absolute atomic E-state index is 3.70. The summed E-state index contributed by atoms with van der Waals surface area (Å²) in [7, 11) is 0. The fourth-order valence-corrected chi connectivity index (χ4v) is 7.16. The standard InChI is InChI=1S/C38H25NS/c1-2-11-28-25(9-1)10-5-14-30(28)33-17-7-15-31-29(13-6-16-32(31)33)26-21-23-27(24-22-26)39-35-18-8-20-37-38(35)34-12-3-4-19-36(34)40-37/h1-24,39H. The summed E-state index contributed by atoms with van der Waals surface area (Å²) in [6, 6.07) is 52.6. The molecule has 0 fully saturated rings. The van der Waals surface area contributed by atoms with E-state index in [1.54, 1.807) is 0 Å². The number of rotatable bonds is 4. The van der Waals surface area contributed by atoms with Crippen LogP contribution in [0.5, 0.6) is 0 Å². The number of thiophene rings is 1. The lowest BCUT2D eigenvalue weighted by Gasteiger charge is -2.14. The Kier molecular flexibility index (Phi) is 5.39. The molecule has 0 unspecified atom stereocenters. The predicted octanol–water partition coefficient (Wildman–Crippen LogP) is 11.4. The van der Waals surface area contributed by atoms with Crippen LogP contribution in [-0.2, 0) is 0 Å². The zero-order valence-corrected chi connectivity index (χ0v) is 22.6. The molecule has 1 N–H and O–H groups in total. The number of hydrogen-bond donors (Lipinski definition) is 1. The van der Waals surface area contributed by atoms with Gasteiger partial charge in [-0.05, 0) is 74.1 Å². The van der Waals surface area contributed by atoms with Crippen molar-refractivity contribution < 1.29 is 0 Å². The Morgan fingerprint density at radius 3 is 1.82 bits per heavy atom. The summed E-state index contributed by atoms with van der Waals surface area (Å²) in [4.78, 5) is 0. The second-order valence-corrected chi connectivity index (χ2v) is 11.3. The molecule has 0 aliphatic rings. The van der Waals surface area contributed by atoms with Crippen LogP contribution in [0.4, 0.5) is 11.4 Å². The van der Waals surface area contributed by atoms with Crippen molar-refractivity contribution in [3.05, 3.63) is 146 Å². The smallest absolute Gasteiger partial charge is 0.0478 e. The number of hydrogen-bond acceptors (Lipinski definition) is 2. The highest BCUT2D eigenvalue weighted by Gasteiger charge is 2.12. The molecule has 0 bridgehead atoms. The van der Waals surface area contributed by atoms with E-state index in [0.29, 0.717) is 0 Å². The second kappa shape index (κ2) is 9.37. The van der Waals surface area contributed by atoms with Crippen LogP contribution in [0.2, 0.25) is 0 Å². The van der Waals surface area contributed by atoms with E-state index in [1.807, 2.05) is 11.3 Å². The van der Waals surface area contributed by atoms with Crippen molar-refractivity contribution in [1.29, 1.82) is 0 Å². The Morgan fingerprint density at radius 1 is 0.400 bits per heavy atom. The maximum Gasteiger partial charge on any atom is 0.0478 e. The quantitative estimate of drug-likeness (QED) is 0.240. The van der Waals surface area contributed by atoms with E-state index in [2.05, 4.69) is 151 Å². The molecular weight excluding hydrogens is 502 g/mol. The first kappa shape index (κ1) is 23.0. The molecule has 0 aliphatic heterocycles. The summed E-state index contributed by atoms with van der Waals surface area (Å²) >= 11 is 1.85. The van der Waals surface area contributed by atoms with Gasteiger partial charge in [-0.2, -0.15) is 0 Å². The summed E-state index contributed by atoms with van der Waals surface area (Å²) in [6.45, 7) is 0. The van der Waals surface area contributed by atoms with Gasteiger partial charge in [0.2, 0.25) is 0 Å². The van der Waals surface area contributed by atoms with Gasteiger partial charge in [0.1, 0.15) is 0 Å². The third kappa shape index (κ3) is 3.77. The summed E-state index contributed by atoms with van der Waals surface area (Å²) < 4.78 is 2.63. The van der Waals surface area contributed by atoms with Gasteiger partial charge in [0, 0.05) is 31.5 Å². The third-order valence-electron chi connectivity index (χ3n) is 7.88. The first-order chi connectivity index (χ1) is 19.8. The Labute approximate surface area is 237 Å². The molecule has 40 heavy (non-hydrogen) atoms. The molecule has 8 aromatic rings. The predicted molar refractivity (Wildman–Crippen MR) is 175 cm³/mol. The molecule has 8 rings (SSSR count). The van der Waals surface area contributed by atoms with Crippen LogP contribution in [-0.4, -0.2) is 0 Å². The van der Waals surface area contributed by atoms with Gasteiger partial charge in [0.15, 0.2) is 0 Å². The van der Waals surface area contributed by atoms with Gasteiger partial charge in [0.05, 0.1) is 0 Å². The molecule has 7 aromatic carbocycles. The molecule has 0 radical (unpaired) electrons. The molecule has 0 saturated heterocycles. The number of fused-ring (bicyclic) bond motifs is 5. The monoisotopic (exact) mass is 527 g/mol. The SMILES string of the molecule is c1ccc2c(-c3cccc4c(-c5ccc(Nc6cccc7sc8ccccc8c67)cc5)cccc34)cccc2c1. The van der Waals surface area contributed by atoms with E-state index in [9.17, 15) is 0 Å². The second-order valence-electron chi connectivity index (χ2n) is 10.2. The molecule has 1 heterocycles. The number of nitrogens with one attached hydrogen (secondary N) is 1. The van der Waals surface area contributed by atoms with E-state index < -0.39 is 0 Å². The van der Waals surface area contributed by atoms with Crippen LogP contribution in [0.3, 0.4) is 0 Å². The van der Waals surface area contributed by atoms with Crippen molar-refractivity contribution in [3.8, 4) is 22.3 Å². The lowest BCUT2D eigenvalue weighted by molar-refractivity contribution is 1.58. The van der Waals surface area contributed by atoms with Crippen LogP contribution in [0, 0.1) is 0 Å². The molecule has 1 nitrogen and oxygen atoms in total. The van der Waals surface area contributed by atoms with E-state index >= 15 is 0 Å². The fourth-order valence-electron chi connectivity index (χ4n) is 6.02. The zero-order chi connectivity index (χ0) is 26.5. The van der Waals surface area contributed by atoms with Gasteiger partial charge in [0.25, 0.3) is 0 Å². The Morgan fingerprint density at radius 2 is 0.975 bits per heavy atom. The topological polar surface area (TPSA) is 12.0 Å². The highest BCUT2D eigenvalue weighted by atomic mass is 32.1. The Hall–Kier alpha value is -4.92. The molecule has 2 heteroatoms. The van der Waals surface area contributed by atoms with Crippen LogP contribution in [0.25, 0.3) is 64.0 Å². The van der Waals surface area contributed by atoms with Gasteiger partial charge >= 0.3 is 0 Å². The Bertz CT molecular complexity index is 2180. The minimum Gasteiger partial charge on any atom is -0.355 e.